The molecule has 3 heterocycles. The maximum Gasteiger partial charge on any atom is 0.278 e. The predicted octanol–water partition coefficient (Wildman–Crippen LogP) is 3.36. The Kier molecular flexibility index (Phi) is 4.04. The van der Waals surface area contributed by atoms with Gasteiger partial charge in [-0.15, -0.1) is 0 Å². The number of hydrogen-bond acceptors (Lipinski definition) is 6. The first-order valence-corrected chi connectivity index (χ1v) is 8.31. The van der Waals surface area contributed by atoms with Crippen molar-refractivity contribution in [3.05, 3.63) is 65.4 Å². The van der Waals surface area contributed by atoms with Gasteiger partial charge in [0.1, 0.15) is 5.69 Å². The summed E-state index contributed by atoms with van der Waals surface area (Å²) in [5.74, 6) is 0.883. The zero-order valence-corrected chi connectivity index (χ0v) is 14.8. The van der Waals surface area contributed by atoms with Crippen molar-refractivity contribution in [2.75, 3.05) is 0 Å². The molecule has 0 aliphatic heterocycles. The molecule has 0 spiro atoms. The van der Waals surface area contributed by atoms with Crippen LogP contribution in [-0.4, -0.2) is 29.9 Å². The topological polar surface area (TPSA) is 82.5 Å². The lowest BCUT2D eigenvalue weighted by atomic mass is 10.1. The Bertz CT molecular complexity index is 1050. The molecule has 7 nitrogen and oxygen atoms in total. The summed E-state index contributed by atoms with van der Waals surface area (Å²) in [6.45, 7) is 6.62. The van der Waals surface area contributed by atoms with Gasteiger partial charge < -0.3 is 4.52 Å². The molecule has 0 N–H and O–H groups in total. The van der Waals surface area contributed by atoms with Gasteiger partial charge in [0.15, 0.2) is 0 Å². The Hall–Kier alpha value is -3.35. The second kappa shape index (κ2) is 6.51. The van der Waals surface area contributed by atoms with E-state index in [2.05, 4.69) is 44.3 Å². The van der Waals surface area contributed by atoms with Crippen LogP contribution in [0.4, 0.5) is 0 Å². The van der Waals surface area contributed by atoms with Gasteiger partial charge in [-0.05, 0) is 38.5 Å². The fraction of sp³-hybridized carbons (Fsp3) is 0.211. The highest BCUT2D eigenvalue weighted by Crippen LogP contribution is 2.22. The standard InChI is InChI=1S/C19H18N6O/c1-12-7-14(3)25(23-12)11-15-5-4-6-16(8-15)18-22-19(26-24-18)17-10-20-13(2)9-21-17/h4-10H,11H2,1-3H3. The van der Waals surface area contributed by atoms with Crippen LogP contribution in [0.1, 0.15) is 22.6 Å². The van der Waals surface area contributed by atoms with Crippen molar-refractivity contribution in [3.8, 4) is 23.0 Å². The Labute approximate surface area is 150 Å². The van der Waals surface area contributed by atoms with Crippen LogP contribution >= 0.6 is 0 Å². The van der Waals surface area contributed by atoms with E-state index in [9.17, 15) is 0 Å². The molecule has 4 rings (SSSR count). The third-order valence-electron chi connectivity index (χ3n) is 4.05. The van der Waals surface area contributed by atoms with Gasteiger partial charge in [-0.3, -0.25) is 9.67 Å². The summed E-state index contributed by atoms with van der Waals surface area (Å²) in [5.41, 5.74) is 5.56. The lowest BCUT2D eigenvalue weighted by Gasteiger charge is -2.05. The van der Waals surface area contributed by atoms with Gasteiger partial charge in [-0.25, -0.2) is 4.98 Å². The van der Waals surface area contributed by atoms with Crippen LogP contribution in [0.2, 0.25) is 0 Å². The molecule has 26 heavy (non-hydrogen) atoms. The van der Waals surface area contributed by atoms with E-state index in [4.69, 9.17) is 4.52 Å². The highest BCUT2D eigenvalue weighted by Gasteiger charge is 2.12. The lowest BCUT2D eigenvalue weighted by molar-refractivity contribution is 0.431. The van der Waals surface area contributed by atoms with Gasteiger partial charge >= 0.3 is 0 Å². The third kappa shape index (κ3) is 3.23. The van der Waals surface area contributed by atoms with Gasteiger partial charge in [-0.2, -0.15) is 10.1 Å². The molecule has 0 aliphatic carbocycles. The lowest BCUT2D eigenvalue weighted by Crippen LogP contribution is -2.04. The minimum atomic E-state index is 0.358. The Balaban J connectivity index is 1.60. The number of hydrogen-bond donors (Lipinski definition) is 0. The Morgan fingerprint density at radius 3 is 2.62 bits per heavy atom. The van der Waals surface area contributed by atoms with E-state index >= 15 is 0 Å². The van der Waals surface area contributed by atoms with Crippen molar-refractivity contribution in [2.45, 2.75) is 27.3 Å². The molecular weight excluding hydrogens is 328 g/mol. The van der Waals surface area contributed by atoms with E-state index in [1.165, 1.54) is 0 Å². The third-order valence-corrected chi connectivity index (χ3v) is 4.05. The van der Waals surface area contributed by atoms with Crippen LogP contribution in [0.5, 0.6) is 0 Å². The summed E-state index contributed by atoms with van der Waals surface area (Å²) in [4.78, 5) is 12.9. The van der Waals surface area contributed by atoms with Crippen molar-refractivity contribution in [2.24, 2.45) is 0 Å². The normalized spacial score (nSPS) is 11.0. The second-order valence-electron chi connectivity index (χ2n) is 6.25. The average Bonchev–Trinajstić information content (AvgIpc) is 3.23. The molecule has 3 aromatic heterocycles. The Morgan fingerprint density at radius 2 is 1.88 bits per heavy atom. The largest absolute Gasteiger partial charge is 0.332 e. The second-order valence-corrected chi connectivity index (χ2v) is 6.25. The van der Waals surface area contributed by atoms with Crippen LogP contribution < -0.4 is 0 Å². The zero-order valence-electron chi connectivity index (χ0n) is 14.8. The minimum absolute atomic E-state index is 0.358. The smallest absolute Gasteiger partial charge is 0.278 e. The van der Waals surface area contributed by atoms with Crippen molar-refractivity contribution < 1.29 is 4.52 Å². The molecule has 130 valence electrons. The van der Waals surface area contributed by atoms with Crippen LogP contribution in [0, 0.1) is 20.8 Å². The maximum absolute atomic E-state index is 5.34. The summed E-state index contributed by atoms with van der Waals surface area (Å²) in [7, 11) is 0. The van der Waals surface area contributed by atoms with Crippen LogP contribution in [-0.2, 0) is 6.54 Å². The summed E-state index contributed by atoms with van der Waals surface area (Å²) in [6, 6.07) is 10.1. The SMILES string of the molecule is Cc1cnc(-c2nc(-c3cccc(Cn4nc(C)cc4C)c3)no2)cn1. The molecule has 0 fully saturated rings. The number of benzene rings is 1. The molecule has 0 unspecified atom stereocenters. The predicted molar refractivity (Wildman–Crippen MR) is 96.3 cm³/mol. The first-order valence-electron chi connectivity index (χ1n) is 8.31. The van der Waals surface area contributed by atoms with E-state index in [1.807, 2.05) is 36.7 Å². The molecule has 0 aliphatic rings. The maximum atomic E-state index is 5.34. The van der Waals surface area contributed by atoms with Crippen molar-refractivity contribution in [3.63, 3.8) is 0 Å². The summed E-state index contributed by atoms with van der Waals surface area (Å²) >= 11 is 0. The first-order chi connectivity index (χ1) is 12.6. The van der Waals surface area contributed by atoms with Crippen LogP contribution in [0.25, 0.3) is 23.0 Å². The molecule has 7 heteroatoms. The van der Waals surface area contributed by atoms with Gasteiger partial charge in [0.05, 0.1) is 24.1 Å². The van der Waals surface area contributed by atoms with E-state index in [0.717, 1.165) is 28.2 Å². The average molecular weight is 346 g/mol. The van der Waals surface area contributed by atoms with Gasteiger partial charge in [0.2, 0.25) is 5.82 Å². The molecule has 0 atom stereocenters. The highest BCUT2D eigenvalue weighted by atomic mass is 16.5. The van der Waals surface area contributed by atoms with E-state index in [0.29, 0.717) is 24.0 Å². The van der Waals surface area contributed by atoms with Gasteiger partial charge in [-0.1, -0.05) is 23.4 Å². The van der Waals surface area contributed by atoms with Gasteiger partial charge in [0.25, 0.3) is 5.89 Å². The molecule has 4 aromatic rings. The monoisotopic (exact) mass is 346 g/mol. The van der Waals surface area contributed by atoms with Crippen LogP contribution in [0.3, 0.4) is 0 Å². The van der Waals surface area contributed by atoms with E-state index in [1.54, 1.807) is 12.4 Å². The van der Waals surface area contributed by atoms with Crippen molar-refractivity contribution in [1.82, 2.24) is 29.9 Å². The van der Waals surface area contributed by atoms with Gasteiger partial charge in [0, 0.05) is 17.5 Å². The quantitative estimate of drug-likeness (QED) is 0.563. The van der Waals surface area contributed by atoms with Crippen molar-refractivity contribution >= 4 is 0 Å². The molecule has 0 radical (unpaired) electrons. The summed E-state index contributed by atoms with van der Waals surface area (Å²) in [5, 5.41) is 8.59. The number of rotatable bonds is 4. The molecule has 0 amide bonds. The number of aryl methyl sites for hydroxylation is 3. The zero-order chi connectivity index (χ0) is 18.1. The van der Waals surface area contributed by atoms with E-state index in [-0.39, 0.29) is 0 Å². The summed E-state index contributed by atoms with van der Waals surface area (Å²) < 4.78 is 7.33. The van der Waals surface area contributed by atoms with E-state index < -0.39 is 0 Å². The number of aromatic nitrogens is 6. The highest BCUT2D eigenvalue weighted by molar-refractivity contribution is 5.58. The van der Waals surface area contributed by atoms with Crippen molar-refractivity contribution in [1.29, 1.82) is 0 Å². The molecule has 1 aromatic carbocycles. The Morgan fingerprint density at radius 1 is 1.00 bits per heavy atom. The molecule has 0 bridgehead atoms. The van der Waals surface area contributed by atoms with Crippen LogP contribution in [0.15, 0.2) is 47.2 Å². The minimum Gasteiger partial charge on any atom is -0.332 e. The first kappa shape index (κ1) is 16.1. The molecular formula is C19H18N6O. The number of nitrogens with zero attached hydrogens (tertiary/aromatic N) is 6. The molecule has 0 saturated heterocycles. The summed E-state index contributed by atoms with van der Waals surface area (Å²) in [6.07, 6.45) is 3.31. The molecule has 0 saturated carbocycles. The fourth-order valence-electron chi connectivity index (χ4n) is 2.76. The fourth-order valence-corrected chi connectivity index (χ4v) is 2.76.